The molecule has 94 valence electrons. The average molecular weight is 285 g/mol. The predicted octanol–water partition coefficient (Wildman–Crippen LogP) is 3.83. The lowest BCUT2D eigenvalue weighted by molar-refractivity contribution is 0.242. The zero-order chi connectivity index (χ0) is 12.5. The molecule has 0 spiro atoms. The van der Waals surface area contributed by atoms with Crippen LogP contribution < -0.4 is 4.74 Å². The Morgan fingerprint density at radius 1 is 1.33 bits per heavy atom. The van der Waals surface area contributed by atoms with Gasteiger partial charge in [-0.15, -0.1) is 0 Å². The van der Waals surface area contributed by atoms with Gasteiger partial charge >= 0.3 is 0 Å². The normalized spacial score (nSPS) is 14.8. The number of hydrogen-bond donors (Lipinski definition) is 0. The van der Waals surface area contributed by atoms with Gasteiger partial charge < -0.3 is 9.26 Å². The third kappa shape index (κ3) is 2.60. The van der Waals surface area contributed by atoms with Gasteiger partial charge in [0, 0.05) is 17.0 Å². The predicted molar refractivity (Wildman–Crippen MR) is 67.1 cm³/mol. The van der Waals surface area contributed by atoms with E-state index in [1.807, 2.05) is 0 Å². The van der Waals surface area contributed by atoms with Crippen molar-refractivity contribution in [3.63, 3.8) is 0 Å². The molecule has 1 aromatic carbocycles. The Morgan fingerprint density at radius 2 is 2.17 bits per heavy atom. The zero-order valence-electron chi connectivity index (χ0n) is 9.40. The van der Waals surface area contributed by atoms with Gasteiger partial charge in [0.15, 0.2) is 12.4 Å². The molecule has 2 aromatic rings. The highest BCUT2D eigenvalue weighted by atomic mass is 35.5. The minimum Gasteiger partial charge on any atom is -0.482 e. The van der Waals surface area contributed by atoms with E-state index in [2.05, 4.69) is 10.1 Å². The SMILES string of the molecule is Clc1ccc(Cl)c(OCc2nc(C3CC3)no2)c1. The lowest BCUT2D eigenvalue weighted by atomic mass is 10.3. The number of benzene rings is 1. The standard InChI is InChI=1S/C12H10Cl2N2O2/c13-8-3-4-9(14)10(5-8)17-6-11-15-12(16-18-11)7-1-2-7/h3-5,7H,1-2,6H2. The Bertz CT molecular complexity index is 567. The van der Waals surface area contributed by atoms with Gasteiger partial charge in [0.2, 0.25) is 0 Å². The van der Waals surface area contributed by atoms with Gasteiger partial charge in [0.25, 0.3) is 5.89 Å². The Labute approximate surface area is 114 Å². The lowest BCUT2D eigenvalue weighted by Gasteiger charge is -2.05. The van der Waals surface area contributed by atoms with Crippen LogP contribution in [0.15, 0.2) is 22.7 Å². The Hall–Kier alpha value is -1.26. The first-order valence-corrected chi connectivity index (χ1v) is 6.38. The molecule has 4 nitrogen and oxygen atoms in total. The quantitative estimate of drug-likeness (QED) is 0.856. The summed E-state index contributed by atoms with van der Waals surface area (Å²) in [6.07, 6.45) is 2.28. The number of aromatic nitrogens is 2. The number of ether oxygens (including phenoxy) is 1. The van der Waals surface area contributed by atoms with Crippen LogP contribution in [-0.4, -0.2) is 10.1 Å². The van der Waals surface area contributed by atoms with Crippen molar-refractivity contribution in [2.45, 2.75) is 25.4 Å². The lowest BCUT2D eigenvalue weighted by Crippen LogP contribution is -1.96. The monoisotopic (exact) mass is 284 g/mol. The maximum Gasteiger partial charge on any atom is 0.264 e. The highest BCUT2D eigenvalue weighted by Crippen LogP contribution is 2.38. The van der Waals surface area contributed by atoms with Gasteiger partial charge in [-0.1, -0.05) is 28.4 Å². The van der Waals surface area contributed by atoms with Gasteiger partial charge in [0.05, 0.1) is 5.02 Å². The smallest absolute Gasteiger partial charge is 0.264 e. The van der Waals surface area contributed by atoms with Crippen LogP contribution in [0.2, 0.25) is 10.0 Å². The van der Waals surface area contributed by atoms with E-state index in [4.69, 9.17) is 32.5 Å². The molecule has 1 aromatic heterocycles. The van der Waals surface area contributed by atoms with Crippen LogP contribution in [-0.2, 0) is 6.61 Å². The first-order valence-electron chi connectivity index (χ1n) is 5.63. The van der Waals surface area contributed by atoms with Crippen LogP contribution in [0, 0.1) is 0 Å². The maximum absolute atomic E-state index is 5.98. The topological polar surface area (TPSA) is 48.2 Å². The molecule has 0 atom stereocenters. The number of nitrogens with zero attached hydrogens (tertiary/aromatic N) is 2. The second-order valence-electron chi connectivity index (χ2n) is 4.18. The molecular formula is C12H10Cl2N2O2. The van der Waals surface area contributed by atoms with E-state index >= 15 is 0 Å². The fraction of sp³-hybridized carbons (Fsp3) is 0.333. The van der Waals surface area contributed by atoms with Crippen molar-refractivity contribution < 1.29 is 9.26 Å². The van der Waals surface area contributed by atoms with Crippen molar-refractivity contribution in [3.8, 4) is 5.75 Å². The molecule has 1 heterocycles. The first-order chi connectivity index (χ1) is 8.72. The number of hydrogen-bond acceptors (Lipinski definition) is 4. The third-order valence-corrected chi connectivity index (χ3v) is 3.22. The van der Waals surface area contributed by atoms with E-state index in [1.165, 1.54) is 0 Å². The van der Waals surface area contributed by atoms with Crippen LogP contribution in [0.1, 0.15) is 30.5 Å². The molecule has 0 amide bonds. The molecule has 3 rings (SSSR count). The van der Waals surface area contributed by atoms with Gasteiger partial charge in [-0.2, -0.15) is 4.98 Å². The fourth-order valence-electron chi connectivity index (χ4n) is 1.56. The van der Waals surface area contributed by atoms with Gasteiger partial charge in [-0.25, -0.2) is 0 Å². The van der Waals surface area contributed by atoms with E-state index < -0.39 is 0 Å². The van der Waals surface area contributed by atoms with Crippen LogP contribution >= 0.6 is 23.2 Å². The van der Waals surface area contributed by atoms with E-state index in [0.717, 1.165) is 18.7 Å². The van der Waals surface area contributed by atoms with Crippen LogP contribution in [0.3, 0.4) is 0 Å². The molecule has 0 aliphatic heterocycles. The van der Waals surface area contributed by atoms with E-state index in [-0.39, 0.29) is 6.61 Å². The van der Waals surface area contributed by atoms with Crippen molar-refractivity contribution in [2.75, 3.05) is 0 Å². The van der Waals surface area contributed by atoms with Crippen molar-refractivity contribution in [1.82, 2.24) is 10.1 Å². The van der Waals surface area contributed by atoms with Crippen LogP contribution in [0.5, 0.6) is 5.75 Å². The van der Waals surface area contributed by atoms with Crippen molar-refractivity contribution in [3.05, 3.63) is 40.0 Å². The van der Waals surface area contributed by atoms with E-state index in [9.17, 15) is 0 Å². The summed E-state index contributed by atoms with van der Waals surface area (Å²) >= 11 is 11.8. The van der Waals surface area contributed by atoms with Gasteiger partial charge in [-0.3, -0.25) is 0 Å². The summed E-state index contributed by atoms with van der Waals surface area (Å²) in [7, 11) is 0. The summed E-state index contributed by atoms with van der Waals surface area (Å²) in [5.74, 6) is 2.20. The highest BCUT2D eigenvalue weighted by Gasteiger charge is 2.28. The summed E-state index contributed by atoms with van der Waals surface area (Å²) in [6.45, 7) is 0.194. The Balaban J connectivity index is 1.67. The molecule has 0 unspecified atom stereocenters. The van der Waals surface area contributed by atoms with Crippen molar-refractivity contribution in [2.24, 2.45) is 0 Å². The number of rotatable bonds is 4. The maximum atomic E-state index is 5.98. The van der Waals surface area contributed by atoms with Crippen LogP contribution in [0.25, 0.3) is 0 Å². The molecule has 1 aliphatic rings. The first kappa shape index (κ1) is 11.8. The zero-order valence-corrected chi connectivity index (χ0v) is 10.9. The van der Waals surface area contributed by atoms with Crippen LogP contribution in [0.4, 0.5) is 0 Å². The Kier molecular flexibility index (Phi) is 3.14. The van der Waals surface area contributed by atoms with Gasteiger partial charge in [0.1, 0.15) is 5.75 Å². The highest BCUT2D eigenvalue weighted by molar-refractivity contribution is 6.34. The second kappa shape index (κ2) is 4.78. The molecule has 0 N–H and O–H groups in total. The molecule has 6 heteroatoms. The summed E-state index contributed by atoms with van der Waals surface area (Å²) < 4.78 is 10.6. The summed E-state index contributed by atoms with van der Waals surface area (Å²) in [5, 5.41) is 4.97. The van der Waals surface area contributed by atoms with Crippen molar-refractivity contribution >= 4 is 23.2 Å². The van der Waals surface area contributed by atoms with Gasteiger partial charge in [-0.05, 0) is 25.0 Å². The average Bonchev–Trinajstić information content (AvgIpc) is 3.10. The molecule has 0 radical (unpaired) electrons. The minimum absolute atomic E-state index is 0.194. The third-order valence-electron chi connectivity index (χ3n) is 2.67. The number of halogens is 2. The molecule has 1 fully saturated rings. The van der Waals surface area contributed by atoms with E-state index in [1.54, 1.807) is 18.2 Å². The van der Waals surface area contributed by atoms with Crippen molar-refractivity contribution in [1.29, 1.82) is 0 Å². The molecule has 1 aliphatic carbocycles. The molecule has 0 bridgehead atoms. The molecule has 0 saturated heterocycles. The molecule has 18 heavy (non-hydrogen) atoms. The fourth-order valence-corrected chi connectivity index (χ4v) is 1.90. The van der Waals surface area contributed by atoms with E-state index in [0.29, 0.717) is 27.6 Å². The summed E-state index contributed by atoms with van der Waals surface area (Å²) in [6, 6.07) is 5.04. The minimum atomic E-state index is 0.194. The summed E-state index contributed by atoms with van der Waals surface area (Å²) in [5.41, 5.74) is 0. The second-order valence-corrected chi connectivity index (χ2v) is 5.03. The summed E-state index contributed by atoms with van der Waals surface area (Å²) in [4.78, 5) is 4.26. The molecule has 1 saturated carbocycles. The Morgan fingerprint density at radius 3 is 2.94 bits per heavy atom. The molecular weight excluding hydrogens is 275 g/mol. The largest absolute Gasteiger partial charge is 0.482 e.